The smallest absolute Gasteiger partial charge is 0.224 e. The fourth-order valence-corrected chi connectivity index (χ4v) is 4.14. The number of hydrogen-bond donors (Lipinski definition) is 2. The average Bonchev–Trinajstić information content (AvgIpc) is 2.57. The van der Waals surface area contributed by atoms with Crippen LogP contribution in [0.1, 0.15) is 30.5 Å². The van der Waals surface area contributed by atoms with Crippen LogP contribution >= 0.6 is 23.4 Å². The molecule has 1 heterocycles. The molecule has 0 spiro atoms. The molecular formula is C19H19ClN2O2S. The van der Waals surface area contributed by atoms with E-state index < -0.39 is 0 Å². The molecule has 1 aliphatic heterocycles. The van der Waals surface area contributed by atoms with Gasteiger partial charge in [-0.15, -0.1) is 11.8 Å². The topological polar surface area (TPSA) is 58.2 Å². The molecule has 2 aromatic carbocycles. The van der Waals surface area contributed by atoms with Crippen molar-refractivity contribution >= 4 is 40.9 Å². The van der Waals surface area contributed by atoms with Gasteiger partial charge in [-0.3, -0.25) is 9.59 Å². The van der Waals surface area contributed by atoms with E-state index >= 15 is 0 Å². The maximum atomic E-state index is 12.4. The first-order valence-electron chi connectivity index (χ1n) is 8.09. The summed E-state index contributed by atoms with van der Waals surface area (Å²) in [6, 6.07) is 13.2. The summed E-state index contributed by atoms with van der Waals surface area (Å²) < 4.78 is 0. The number of hydrogen-bond acceptors (Lipinski definition) is 3. The Hall–Kier alpha value is -1.98. The fraction of sp³-hybridized carbons (Fsp3) is 0.263. The zero-order valence-electron chi connectivity index (χ0n) is 13.8. The highest BCUT2D eigenvalue weighted by atomic mass is 35.5. The number of benzene rings is 2. The van der Waals surface area contributed by atoms with Gasteiger partial charge in [0, 0.05) is 28.3 Å². The van der Waals surface area contributed by atoms with Gasteiger partial charge < -0.3 is 10.6 Å². The van der Waals surface area contributed by atoms with Crippen LogP contribution in [0.3, 0.4) is 0 Å². The standard InChI is InChI=1S/C19H19ClN2O2S/c1-12(23)21-15-5-2-13(3-6-15)10-19(24)22-17-8-9-25-18-7-4-14(20)11-16(17)18/h2-7,11,17H,8-10H2,1H3,(H,21,23)(H,22,24)/t17-/m1/s1. The minimum Gasteiger partial charge on any atom is -0.349 e. The average molecular weight is 375 g/mol. The zero-order chi connectivity index (χ0) is 17.8. The number of fused-ring (bicyclic) bond motifs is 1. The molecule has 0 saturated heterocycles. The molecule has 1 atom stereocenters. The van der Waals surface area contributed by atoms with Crippen LogP contribution in [0.5, 0.6) is 0 Å². The Bertz CT molecular complexity index is 793. The molecule has 25 heavy (non-hydrogen) atoms. The van der Waals surface area contributed by atoms with Crippen LogP contribution in [-0.4, -0.2) is 17.6 Å². The number of carbonyl (C=O) groups excluding carboxylic acids is 2. The lowest BCUT2D eigenvalue weighted by Crippen LogP contribution is -2.31. The summed E-state index contributed by atoms with van der Waals surface area (Å²) in [6.45, 7) is 1.47. The second-order valence-corrected chi connectivity index (χ2v) is 7.57. The molecule has 2 amide bonds. The van der Waals surface area contributed by atoms with E-state index in [9.17, 15) is 9.59 Å². The first kappa shape index (κ1) is 17.8. The molecule has 6 heteroatoms. The van der Waals surface area contributed by atoms with Crippen molar-refractivity contribution in [2.75, 3.05) is 11.1 Å². The Balaban J connectivity index is 1.64. The fourth-order valence-electron chi connectivity index (χ4n) is 2.86. The number of halogens is 1. The normalized spacial score (nSPS) is 16.0. The minimum absolute atomic E-state index is 0.00102. The van der Waals surface area contributed by atoms with Crippen molar-refractivity contribution < 1.29 is 9.59 Å². The Morgan fingerprint density at radius 2 is 1.96 bits per heavy atom. The molecule has 0 radical (unpaired) electrons. The number of amides is 2. The van der Waals surface area contributed by atoms with Crippen molar-refractivity contribution in [1.82, 2.24) is 5.32 Å². The van der Waals surface area contributed by atoms with Gasteiger partial charge in [-0.25, -0.2) is 0 Å². The molecule has 0 aliphatic carbocycles. The molecular weight excluding hydrogens is 356 g/mol. The van der Waals surface area contributed by atoms with E-state index in [1.807, 2.05) is 30.3 Å². The summed E-state index contributed by atoms with van der Waals surface area (Å²) in [6.07, 6.45) is 1.20. The Morgan fingerprint density at radius 1 is 1.20 bits per heavy atom. The predicted molar refractivity (Wildman–Crippen MR) is 102 cm³/mol. The first-order chi connectivity index (χ1) is 12.0. The quantitative estimate of drug-likeness (QED) is 0.843. The monoisotopic (exact) mass is 374 g/mol. The molecule has 130 valence electrons. The van der Waals surface area contributed by atoms with Crippen molar-refractivity contribution in [3.63, 3.8) is 0 Å². The number of nitrogens with one attached hydrogen (secondary N) is 2. The van der Waals surface area contributed by atoms with Gasteiger partial charge in [0.2, 0.25) is 11.8 Å². The minimum atomic E-state index is -0.113. The number of anilines is 1. The van der Waals surface area contributed by atoms with Gasteiger partial charge in [-0.05, 0) is 47.9 Å². The van der Waals surface area contributed by atoms with Gasteiger partial charge in [0.1, 0.15) is 0 Å². The number of rotatable bonds is 4. The Labute approximate surface area is 156 Å². The Kier molecular flexibility index (Phi) is 5.66. The van der Waals surface area contributed by atoms with Gasteiger partial charge in [0.15, 0.2) is 0 Å². The molecule has 1 aliphatic rings. The molecule has 3 rings (SSSR count). The van der Waals surface area contributed by atoms with E-state index in [-0.39, 0.29) is 17.9 Å². The predicted octanol–water partition coefficient (Wildman–Crippen LogP) is 4.19. The van der Waals surface area contributed by atoms with Gasteiger partial charge in [0.05, 0.1) is 12.5 Å². The SMILES string of the molecule is CC(=O)Nc1ccc(CC(=O)N[C@@H]2CCSc3ccc(Cl)cc32)cc1. The van der Waals surface area contributed by atoms with Gasteiger partial charge >= 0.3 is 0 Å². The number of thioether (sulfide) groups is 1. The van der Waals surface area contributed by atoms with E-state index in [1.165, 1.54) is 11.8 Å². The van der Waals surface area contributed by atoms with Crippen LogP contribution in [0.2, 0.25) is 5.02 Å². The summed E-state index contributed by atoms with van der Waals surface area (Å²) in [4.78, 5) is 24.6. The molecule has 2 aromatic rings. The van der Waals surface area contributed by atoms with Crippen LogP contribution in [0.25, 0.3) is 0 Å². The maximum Gasteiger partial charge on any atom is 0.224 e. The molecule has 0 aromatic heterocycles. The number of carbonyl (C=O) groups is 2. The lowest BCUT2D eigenvalue weighted by Gasteiger charge is -2.26. The third kappa shape index (κ3) is 4.77. The third-order valence-corrected chi connectivity index (χ3v) is 5.34. The van der Waals surface area contributed by atoms with Crippen molar-refractivity contribution in [3.8, 4) is 0 Å². The van der Waals surface area contributed by atoms with Gasteiger partial charge in [-0.2, -0.15) is 0 Å². The molecule has 0 fully saturated rings. The van der Waals surface area contributed by atoms with Crippen molar-refractivity contribution in [3.05, 3.63) is 58.6 Å². The maximum absolute atomic E-state index is 12.4. The van der Waals surface area contributed by atoms with Crippen molar-refractivity contribution in [2.24, 2.45) is 0 Å². The lowest BCUT2D eigenvalue weighted by atomic mass is 10.0. The Morgan fingerprint density at radius 3 is 2.68 bits per heavy atom. The highest BCUT2D eigenvalue weighted by Gasteiger charge is 2.22. The summed E-state index contributed by atoms with van der Waals surface area (Å²) in [5, 5.41) is 6.52. The summed E-state index contributed by atoms with van der Waals surface area (Å²) >= 11 is 7.90. The summed E-state index contributed by atoms with van der Waals surface area (Å²) in [5.41, 5.74) is 2.73. The molecule has 0 saturated carbocycles. The van der Waals surface area contributed by atoms with Crippen LogP contribution in [0.4, 0.5) is 5.69 Å². The van der Waals surface area contributed by atoms with Crippen LogP contribution < -0.4 is 10.6 Å². The van der Waals surface area contributed by atoms with E-state index in [0.29, 0.717) is 11.4 Å². The van der Waals surface area contributed by atoms with Crippen LogP contribution in [0.15, 0.2) is 47.4 Å². The van der Waals surface area contributed by atoms with E-state index in [2.05, 4.69) is 10.6 Å². The second-order valence-electron chi connectivity index (χ2n) is 5.99. The van der Waals surface area contributed by atoms with E-state index in [1.54, 1.807) is 23.9 Å². The van der Waals surface area contributed by atoms with E-state index in [4.69, 9.17) is 11.6 Å². The van der Waals surface area contributed by atoms with Crippen LogP contribution in [0, 0.1) is 0 Å². The summed E-state index contributed by atoms with van der Waals surface area (Å²) in [5.74, 6) is 0.846. The highest BCUT2D eigenvalue weighted by molar-refractivity contribution is 7.99. The van der Waals surface area contributed by atoms with Gasteiger partial charge in [-0.1, -0.05) is 23.7 Å². The molecule has 0 unspecified atom stereocenters. The van der Waals surface area contributed by atoms with E-state index in [0.717, 1.165) is 29.0 Å². The van der Waals surface area contributed by atoms with Crippen LogP contribution in [-0.2, 0) is 16.0 Å². The molecule has 0 bridgehead atoms. The van der Waals surface area contributed by atoms with Crippen molar-refractivity contribution in [1.29, 1.82) is 0 Å². The largest absolute Gasteiger partial charge is 0.349 e. The first-order valence-corrected chi connectivity index (χ1v) is 9.46. The summed E-state index contributed by atoms with van der Waals surface area (Å²) in [7, 11) is 0. The van der Waals surface area contributed by atoms with Gasteiger partial charge in [0.25, 0.3) is 0 Å². The molecule has 4 nitrogen and oxygen atoms in total. The third-order valence-electron chi connectivity index (χ3n) is 3.99. The highest BCUT2D eigenvalue weighted by Crippen LogP contribution is 2.37. The zero-order valence-corrected chi connectivity index (χ0v) is 15.4. The molecule has 2 N–H and O–H groups in total. The van der Waals surface area contributed by atoms with Crippen molar-refractivity contribution in [2.45, 2.75) is 30.7 Å². The lowest BCUT2D eigenvalue weighted by molar-refractivity contribution is -0.121. The second kappa shape index (κ2) is 7.93.